The van der Waals surface area contributed by atoms with Crippen LogP contribution in [0.3, 0.4) is 0 Å². The van der Waals surface area contributed by atoms with Crippen molar-refractivity contribution in [2.75, 3.05) is 5.73 Å². The minimum atomic E-state index is -0.285. The number of aromatic nitrogens is 2. The Balaban J connectivity index is 2.13. The Morgan fingerprint density at radius 3 is 2.95 bits per heavy atom. The van der Waals surface area contributed by atoms with E-state index in [0.717, 1.165) is 18.4 Å². The van der Waals surface area contributed by atoms with Crippen molar-refractivity contribution in [3.05, 3.63) is 24.0 Å². The standard InChI is InChI=1S/C15H20FN3/c1-2-10-6-3-4-8-12(10)19-13-9-5-7-11(16)14(13)18-15(19)17/h5,7,9-10,12H,2-4,6,8H2,1H3,(H2,17,18). The van der Waals surface area contributed by atoms with Crippen molar-refractivity contribution in [1.82, 2.24) is 9.55 Å². The normalized spacial score (nSPS) is 23.9. The van der Waals surface area contributed by atoms with Gasteiger partial charge in [0.25, 0.3) is 0 Å². The van der Waals surface area contributed by atoms with Crippen molar-refractivity contribution in [3.63, 3.8) is 0 Å². The maximum Gasteiger partial charge on any atom is 0.201 e. The summed E-state index contributed by atoms with van der Waals surface area (Å²) in [5, 5.41) is 0. The molecule has 0 bridgehead atoms. The molecular weight excluding hydrogens is 241 g/mol. The Morgan fingerprint density at radius 1 is 1.37 bits per heavy atom. The van der Waals surface area contributed by atoms with E-state index in [4.69, 9.17) is 5.73 Å². The van der Waals surface area contributed by atoms with Crippen molar-refractivity contribution in [2.24, 2.45) is 5.92 Å². The van der Waals surface area contributed by atoms with Crippen molar-refractivity contribution in [1.29, 1.82) is 0 Å². The molecule has 1 aliphatic rings. The zero-order valence-electron chi connectivity index (χ0n) is 11.3. The second kappa shape index (κ2) is 4.83. The maximum atomic E-state index is 13.8. The van der Waals surface area contributed by atoms with Gasteiger partial charge in [-0.3, -0.25) is 0 Å². The summed E-state index contributed by atoms with van der Waals surface area (Å²) in [7, 11) is 0. The molecule has 1 heterocycles. The van der Waals surface area contributed by atoms with Crippen LogP contribution < -0.4 is 5.73 Å². The first kappa shape index (κ1) is 12.5. The van der Waals surface area contributed by atoms with Crippen LogP contribution in [0.5, 0.6) is 0 Å². The van der Waals surface area contributed by atoms with Crippen LogP contribution in [-0.2, 0) is 0 Å². The van der Waals surface area contributed by atoms with Crippen molar-refractivity contribution in [2.45, 2.75) is 45.1 Å². The van der Waals surface area contributed by atoms with E-state index >= 15 is 0 Å². The van der Waals surface area contributed by atoms with Crippen LogP contribution >= 0.6 is 0 Å². The highest BCUT2D eigenvalue weighted by Crippen LogP contribution is 2.39. The van der Waals surface area contributed by atoms with Crippen LogP contribution in [0.2, 0.25) is 0 Å². The van der Waals surface area contributed by atoms with Gasteiger partial charge in [-0.15, -0.1) is 0 Å². The van der Waals surface area contributed by atoms with Crippen LogP contribution in [0.15, 0.2) is 18.2 Å². The van der Waals surface area contributed by atoms with Crippen molar-refractivity contribution in [3.8, 4) is 0 Å². The molecule has 2 aromatic rings. The fraction of sp³-hybridized carbons (Fsp3) is 0.533. The molecular formula is C15H20FN3. The monoisotopic (exact) mass is 261 g/mol. The highest BCUT2D eigenvalue weighted by Gasteiger charge is 2.28. The Hall–Kier alpha value is -1.58. The van der Waals surface area contributed by atoms with E-state index in [1.54, 1.807) is 6.07 Å². The maximum absolute atomic E-state index is 13.8. The van der Waals surface area contributed by atoms with Gasteiger partial charge in [-0.2, -0.15) is 0 Å². The zero-order chi connectivity index (χ0) is 13.4. The first-order valence-electron chi connectivity index (χ1n) is 7.14. The molecule has 4 heteroatoms. The number of rotatable bonds is 2. The van der Waals surface area contributed by atoms with Gasteiger partial charge in [0.1, 0.15) is 5.52 Å². The summed E-state index contributed by atoms with van der Waals surface area (Å²) in [6, 6.07) is 5.46. The molecule has 3 nitrogen and oxygen atoms in total. The highest BCUT2D eigenvalue weighted by molar-refractivity contribution is 5.79. The van der Waals surface area contributed by atoms with Crippen LogP contribution in [0.4, 0.5) is 10.3 Å². The Kier molecular flexibility index (Phi) is 3.17. The number of nitrogens with zero attached hydrogens (tertiary/aromatic N) is 2. The summed E-state index contributed by atoms with van der Waals surface area (Å²) < 4.78 is 15.9. The number of para-hydroxylation sites is 1. The fourth-order valence-electron chi connectivity index (χ4n) is 3.45. The number of benzene rings is 1. The zero-order valence-corrected chi connectivity index (χ0v) is 11.3. The van der Waals surface area contributed by atoms with Gasteiger partial charge in [0.15, 0.2) is 5.82 Å². The molecule has 2 atom stereocenters. The van der Waals surface area contributed by atoms with Crippen LogP contribution in [-0.4, -0.2) is 9.55 Å². The van der Waals surface area contributed by atoms with Gasteiger partial charge < -0.3 is 10.3 Å². The van der Waals surface area contributed by atoms with Gasteiger partial charge in [0.05, 0.1) is 5.52 Å². The number of nitrogen functional groups attached to an aromatic ring is 1. The minimum Gasteiger partial charge on any atom is -0.369 e. The highest BCUT2D eigenvalue weighted by atomic mass is 19.1. The smallest absolute Gasteiger partial charge is 0.201 e. The molecule has 1 fully saturated rings. The van der Waals surface area contributed by atoms with Crippen LogP contribution in [0.1, 0.15) is 45.1 Å². The molecule has 2 unspecified atom stereocenters. The lowest BCUT2D eigenvalue weighted by Gasteiger charge is -2.32. The van der Waals surface area contributed by atoms with Gasteiger partial charge in [0.2, 0.25) is 5.95 Å². The third kappa shape index (κ3) is 1.99. The predicted octanol–water partition coefficient (Wildman–Crippen LogP) is 3.90. The average Bonchev–Trinajstić information content (AvgIpc) is 2.76. The molecule has 0 radical (unpaired) electrons. The number of imidazole rings is 1. The number of hydrogen-bond donors (Lipinski definition) is 1. The van der Waals surface area contributed by atoms with E-state index in [0.29, 0.717) is 23.4 Å². The van der Waals surface area contributed by atoms with Gasteiger partial charge in [-0.25, -0.2) is 9.37 Å². The summed E-state index contributed by atoms with van der Waals surface area (Å²) in [5.74, 6) is 0.786. The van der Waals surface area contributed by atoms with Crippen LogP contribution in [0.25, 0.3) is 11.0 Å². The lowest BCUT2D eigenvalue weighted by molar-refractivity contribution is 0.239. The van der Waals surface area contributed by atoms with Crippen LogP contribution in [0, 0.1) is 11.7 Å². The van der Waals surface area contributed by atoms with Crippen molar-refractivity contribution >= 4 is 17.0 Å². The molecule has 3 rings (SSSR count). The Morgan fingerprint density at radius 2 is 2.16 bits per heavy atom. The molecule has 2 N–H and O–H groups in total. The Labute approximate surface area is 112 Å². The molecule has 1 aromatic carbocycles. The minimum absolute atomic E-state index is 0.285. The number of anilines is 1. The SMILES string of the molecule is CCC1CCCCC1n1c(N)nc2c(F)cccc21. The molecule has 1 saturated carbocycles. The van der Waals surface area contributed by atoms with Gasteiger partial charge in [0, 0.05) is 6.04 Å². The molecule has 0 amide bonds. The molecule has 19 heavy (non-hydrogen) atoms. The topological polar surface area (TPSA) is 43.8 Å². The van der Waals surface area contributed by atoms with E-state index in [1.807, 2.05) is 6.07 Å². The van der Waals surface area contributed by atoms with Crippen molar-refractivity contribution < 1.29 is 4.39 Å². The first-order chi connectivity index (χ1) is 9.22. The van der Waals surface area contributed by atoms with Gasteiger partial charge in [-0.05, 0) is 30.9 Å². The van der Waals surface area contributed by atoms with E-state index in [-0.39, 0.29) is 5.82 Å². The average molecular weight is 261 g/mol. The predicted molar refractivity (Wildman–Crippen MR) is 75.4 cm³/mol. The molecule has 1 aromatic heterocycles. The number of fused-ring (bicyclic) bond motifs is 1. The summed E-state index contributed by atoms with van der Waals surface area (Å²) in [6.45, 7) is 2.22. The summed E-state index contributed by atoms with van der Waals surface area (Å²) in [5.41, 5.74) is 7.29. The third-order valence-electron chi connectivity index (χ3n) is 4.42. The lowest BCUT2D eigenvalue weighted by atomic mass is 9.82. The number of nitrogens with two attached hydrogens (primary N) is 1. The largest absolute Gasteiger partial charge is 0.369 e. The number of halogens is 1. The molecule has 0 saturated heterocycles. The summed E-state index contributed by atoms with van der Waals surface area (Å²) >= 11 is 0. The van der Waals surface area contributed by atoms with E-state index in [9.17, 15) is 4.39 Å². The summed E-state index contributed by atoms with van der Waals surface area (Å²) in [6.07, 6.45) is 5.99. The second-order valence-corrected chi connectivity index (χ2v) is 5.47. The summed E-state index contributed by atoms with van der Waals surface area (Å²) in [4.78, 5) is 4.22. The third-order valence-corrected chi connectivity index (χ3v) is 4.42. The molecule has 1 aliphatic carbocycles. The molecule has 0 aliphatic heterocycles. The van der Waals surface area contributed by atoms with Gasteiger partial charge in [-0.1, -0.05) is 32.3 Å². The van der Waals surface area contributed by atoms with Gasteiger partial charge >= 0.3 is 0 Å². The van der Waals surface area contributed by atoms with E-state index < -0.39 is 0 Å². The molecule has 0 spiro atoms. The van der Waals surface area contributed by atoms with E-state index in [1.165, 1.54) is 25.3 Å². The fourth-order valence-corrected chi connectivity index (χ4v) is 3.45. The Bertz CT molecular complexity index is 590. The second-order valence-electron chi connectivity index (χ2n) is 5.47. The quantitative estimate of drug-likeness (QED) is 0.891. The number of hydrogen-bond acceptors (Lipinski definition) is 2. The van der Waals surface area contributed by atoms with E-state index in [2.05, 4.69) is 16.5 Å². The first-order valence-corrected chi connectivity index (χ1v) is 7.14. The lowest BCUT2D eigenvalue weighted by Crippen LogP contribution is -2.23. The molecule has 102 valence electrons.